The van der Waals surface area contributed by atoms with Crippen LogP contribution in [-0.4, -0.2) is 40.0 Å². The molecule has 8 nitrogen and oxygen atoms in total. The number of rotatable bonds is 6. The van der Waals surface area contributed by atoms with Gasteiger partial charge in [-0.25, -0.2) is 0 Å². The molecule has 0 radical (unpaired) electrons. The van der Waals surface area contributed by atoms with Crippen LogP contribution in [0.4, 0.5) is 0 Å². The average Bonchev–Trinajstić information content (AvgIpc) is 3.46. The summed E-state index contributed by atoms with van der Waals surface area (Å²) in [5, 5.41) is 22.3. The number of aromatic nitrogens is 8. The van der Waals surface area contributed by atoms with E-state index in [-0.39, 0.29) is 0 Å². The third kappa shape index (κ3) is 4.03. The van der Waals surface area contributed by atoms with Gasteiger partial charge in [-0.1, -0.05) is 48.2 Å². The van der Waals surface area contributed by atoms with Crippen LogP contribution < -0.4 is 0 Å². The first kappa shape index (κ1) is 21.0. The van der Waals surface area contributed by atoms with E-state index in [0.717, 1.165) is 50.4 Å². The second-order valence-corrected chi connectivity index (χ2v) is 8.64. The lowest BCUT2D eigenvalue weighted by Gasteiger charge is -2.13. The van der Waals surface area contributed by atoms with Crippen LogP contribution in [0.1, 0.15) is 22.5 Å². The van der Waals surface area contributed by atoms with Gasteiger partial charge in [-0.05, 0) is 66.1 Å². The number of pyridine rings is 1. The molecular weight excluding hydrogens is 432 g/mol. The summed E-state index contributed by atoms with van der Waals surface area (Å²) >= 11 is 1.55. The van der Waals surface area contributed by atoms with Crippen LogP contribution in [0, 0.1) is 20.8 Å². The van der Waals surface area contributed by atoms with Gasteiger partial charge in [0.1, 0.15) is 0 Å². The number of hydrogen-bond donors (Lipinski definition) is 0. The molecule has 0 saturated carbocycles. The zero-order valence-corrected chi connectivity index (χ0v) is 19.4. The van der Waals surface area contributed by atoms with Crippen molar-refractivity contribution < 1.29 is 0 Å². The summed E-state index contributed by atoms with van der Waals surface area (Å²) in [6.45, 7) is 6.22. The number of tetrazole rings is 1. The van der Waals surface area contributed by atoms with Crippen LogP contribution in [0.25, 0.3) is 22.8 Å². The van der Waals surface area contributed by atoms with Gasteiger partial charge in [-0.15, -0.1) is 15.3 Å². The van der Waals surface area contributed by atoms with Crippen LogP contribution in [0.15, 0.2) is 72.1 Å². The smallest absolute Gasteiger partial charge is 0.196 e. The molecule has 0 saturated heterocycles. The topological polar surface area (TPSA) is 87.2 Å². The van der Waals surface area contributed by atoms with Crippen LogP contribution in [0.5, 0.6) is 0 Å². The number of para-hydroxylation sites is 2. The molecule has 0 spiro atoms. The highest BCUT2D eigenvalue weighted by atomic mass is 32.2. The Bertz CT molecular complexity index is 1390. The Balaban J connectivity index is 1.53. The molecule has 0 aliphatic carbocycles. The predicted octanol–water partition coefficient (Wildman–Crippen LogP) is 4.52. The molecule has 0 bridgehead atoms. The molecule has 0 amide bonds. The maximum absolute atomic E-state index is 4.52. The fraction of sp³-hybridized carbons (Fsp3) is 0.167. The second kappa shape index (κ2) is 8.95. The van der Waals surface area contributed by atoms with E-state index in [1.54, 1.807) is 24.2 Å². The van der Waals surface area contributed by atoms with Crippen molar-refractivity contribution in [2.75, 3.05) is 0 Å². The molecule has 0 aliphatic rings. The van der Waals surface area contributed by atoms with E-state index in [1.165, 1.54) is 0 Å². The number of hydrogen-bond acceptors (Lipinski definition) is 7. The highest BCUT2D eigenvalue weighted by Gasteiger charge is 2.19. The largest absolute Gasteiger partial charge is 0.270 e. The van der Waals surface area contributed by atoms with Crippen molar-refractivity contribution in [2.24, 2.45) is 0 Å². The Morgan fingerprint density at radius 1 is 0.788 bits per heavy atom. The third-order valence-corrected chi connectivity index (χ3v) is 6.37. The molecule has 0 N–H and O–H groups in total. The summed E-state index contributed by atoms with van der Waals surface area (Å²) in [7, 11) is 0. The van der Waals surface area contributed by atoms with E-state index >= 15 is 0 Å². The normalized spacial score (nSPS) is 11.1. The van der Waals surface area contributed by atoms with E-state index < -0.39 is 0 Å². The van der Waals surface area contributed by atoms with Crippen molar-refractivity contribution in [2.45, 2.75) is 31.7 Å². The number of thioether (sulfide) groups is 1. The molecule has 9 heteroatoms. The Labute approximate surface area is 195 Å². The zero-order valence-electron chi connectivity index (χ0n) is 18.5. The van der Waals surface area contributed by atoms with E-state index in [2.05, 4.69) is 80.3 Å². The average molecular weight is 455 g/mol. The molecule has 5 aromatic rings. The van der Waals surface area contributed by atoms with Gasteiger partial charge in [-0.3, -0.25) is 9.55 Å². The van der Waals surface area contributed by atoms with Gasteiger partial charge in [-0.2, -0.15) is 4.68 Å². The third-order valence-electron chi connectivity index (χ3n) is 5.44. The maximum Gasteiger partial charge on any atom is 0.196 e. The number of nitrogens with zero attached hydrogens (tertiary/aromatic N) is 8. The van der Waals surface area contributed by atoms with Gasteiger partial charge in [0.2, 0.25) is 0 Å². The predicted molar refractivity (Wildman–Crippen MR) is 128 cm³/mol. The van der Waals surface area contributed by atoms with Gasteiger partial charge < -0.3 is 0 Å². The van der Waals surface area contributed by atoms with Gasteiger partial charge in [0.25, 0.3) is 0 Å². The Morgan fingerprint density at radius 2 is 1.52 bits per heavy atom. The second-order valence-electron chi connectivity index (χ2n) is 7.70. The van der Waals surface area contributed by atoms with Crippen molar-refractivity contribution in [3.8, 4) is 22.8 Å². The van der Waals surface area contributed by atoms with Gasteiger partial charge in [0.15, 0.2) is 16.8 Å². The van der Waals surface area contributed by atoms with E-state index in [1.807, 2.05) is 35.0 Å². The van der Waals surface area contributed by atoms with Crippen LogP contribution in [-0.2, 0) is 5.75 Å². The SMILES string of the molecule is Cc1ccccc1-n1c(SCc2nnnn2-c2c(C)cccc2C)nnc1-c1ccncc1. The molecule has 3 heterocycles. The Hall–Kier alpha value is -3.85. The molecule has 2 aromatic carbocycles. The van der Waals surface area contributed by atoms with E-state index in [0.29, 0.717) is 5.75 Å². The standard InChI is InChI=1S/C24H22N8S/c1-16-7-4-5-10-20(16)31-23(19-11-13-25-14-12-19)27-28-24(31)33-15-21-26-29-30-32(21)22-17(2)8-6-9-18(22)3/h4-14H,15H2,1-3H3. The minimum absolute atomic E-state index is 0.543. The van der Waals surface area contributed by atoms with Gasteiger partial charge >= 0.3 is 0 Å². The molecule has 0 atom stereocenters. The minimum atomic E-state index is 0.543. The van der Waals surface area contributed by atoms with Crippen LogP contribution in [0.3, 0.4) is 0 Å². The summed E-state index contributed by atoms with van der Waals surface area (Å²) in [6, 6.07) is 18.3. The Kier molecular flexibility index (Phi) is 5.70. The summed E-state index contributed by atoms with van der Waals surface area (Å²) < 4.78 is 3.90. The lowest BCUT2D eigenvalue weighted by Crippen LogP contribution is -2.07. The fourth-order valence-electron chi connectivity index (χ4n) is 3.82. The summed E-state index contributed by atoms with van der Waals surface area (Å²) in [6.07, 6.45) is 3.52. The van der Waals surface area contributed by atoms with Crippen molar-refractivity contribution >= 4 is 11.8 Å². The number of benzene rings is 2. The first-order valence-electron chi connectivity index (χ1n) is 10.5. The molecule has 164 valence electrons. The first-order chi connectivity index (χ1) is 16.1. The molecular formula is C24H22N8S. The molecule has 0 unspecified atom stereocenters. The molecule has 0 aliphatic heterocycles. The molecule has 5 rings (SSSR count). The zero-order chi connectivity index (χ0) is 22.8. The highest BCUT2D eigenvalue weighted by Crippen LogP contribution is 2.31. The molecule has 0 fully saturated rings. The van der Waals surface area contributed by atoms with E-state index in [9.17, 15) is 0 Å². The Morgan fingerprint density at radius 3 is 2.27 bits per heavy atom. The monoisotopic (exact) mass is 454 g/mol. The highest BCUT2D eigenvalue weighted by molar-refractivity contribution is 7.98. The van der Waals surface area contributed by atoms with Gasteiger partial charge in [0.05, 0.1) is 17.1 Å². The van der Waals surface area contributed by atoms with Crippen LogP contribution in [0.2, 0.25) is 0 Å². The van der Waals surface area contributed by atoms with Crippen LogP contribution >= 0.6 is 11.8 Å². The summed E-state index contributed by atoms with van der Waals surface area (Å²) in [4.78, 5) is 4.13. The fourth-order valence-corrected chi connectivity index (χ4v) is 4.67. The van der Waals surface area contributed by atoms with Gasteiger partial charge in [0, 0.05) is 18.0 Å². The van der Waals surface area contributed by atoms with Crippen molar-refractivity contribution in [3.05, 3.63) is 89.5 Å². The van der Waals surface area contributed by atoms with E-state index in [4.69, 9.17) is 0 Å². The maximum atomic E-state index is 4.52. The summed E-state index contributed by atoms with van der Waals surface area (Å²) in [5.74, 6) is 2.06. The number of aryl methyl sites for hydroxylation is 3. The first-order valence-corrected chi connectivity index (χ1v) is 11.5. The van der Waals surface area contributed by atoms with Crippen molar-refractivity contribution in [3.63, 3.8) is 0 Å². The minimum Gasteiger partial charge on any atom is -0.270 e. The lowest BCUT2D eigenvalue weighted by atomic mass is 10.1. The quantitative estimate of drug-likeness (QED) is 0.349. The summed E-state index contributed by atoms with van der Waals surface area (Å²) in [5.41, 5.74) is 6.37. The van der Waals surface area contributed by atoms with Crippen molar-refractivity contribution in [1.82, 2.24) is 40.0 Å². The molecule has 33 heavy (non-hydrogen) atoms. The lowest BCUT2D eigenvalue weighted by molar-refractivity contribution is 0.768. The van der Waals surface area contributed by atoms with Crippen molar-refractivity contribution in [1.29, 1.82) is 0 Å². The molecule has 3 aromatic heterocycles.